The molecule has 0 radical (unpaired) electrons. The molecule has 9 nitrogen and oxygen atoms in total. The molecule has 7 N–H and O–H groups in total. The molecule has 1 amide bonds. The number of primary amides is 1. The van der Waals surface area contributed by atoms with Crippen LogP contribution in [0.4, 0.5) is 17.5 Å². The molecule has 0 fully saturated rings. The zero-order chi connectivity index (χ0) is 20.0. The number of nitrogens with one attached hydrogen (secondary N) is 3. The van der Waals surface area contributed by atoms with E-state index < -0.39 is 5.91 Å². The van der Waals surface area contributed by atoms with Crippen molar-refractivity contribution in [1.29, 1.82) is 0 Å². The number of nitrogens with zero attached hydrogens (tertiary/aromatic N) is 3. The van der Waals surface area contributed by atoms with Gasteiger partial charge in [-0.1, -0.05) is 12.1 Å². The van der Waals surface area contributed by atoms with Crippen LogP contribution in [0, 0.1) is 0 Å². The summed E-state index contributed by atoms with van der Waals surface area (Å²) >= 11 is 0. The number of hydrogen-bond acceptors (Lipinski definition) is 6. The number of amides is 1. The highest BCUT2D eigenvalue weighted by molar-refractivity contribution is 6.07. The number of hydrogen-bond donors (Lipinski definition) is 5. The van der Waals surface area contributed by atoms with Gasteiger partial charge in [0.05, 0.1) is 22.8 Å². The molecule has 29 heavy (non-hydrogen) atoms. The average molecular weight is 384 g/mol. The summed E-state index contributed by atoms with van der Waals surface area (Å²) in [6, 6.07) is 13.1. The van der Waals surface area contributed by atoms with Gasteiger partial charge in [-0.3, -0.25) is 9.89 Å². The summed E-state index contributed by atoms with van der Waals surface area (Å²) in [5, 5.41) is 12.2. The van der Waals surface area contributed by atoms with Crippen molar-refractivity contribution in [2.45, 2.75) is 0 Å². The van der Waals surface area contributed by atoms with E-state index in [1.54, 1.807) is 24.5 Å². The van der Waals surface area contributed by atoms with E-state index in [2.05, 4.69) is 30.5 Å². The molecule has 0 saturated heterocycles. The molecule has 0 bridgehead atoms. The molecule has 0 unspecified atom stereocenters. The predicted molar refractivity (Wildman–Crippen MR) is 112 cm³/mol. The Morgan fingerprint density at radius 2 is 1.97 bits per heavy atom. The Labute approximate surface area is 164 Å². The van der Waals surface area contributed by atoms with Gasteiger partial charge < -0.3 is 21.8 Å². The number of benzene rings is 2. The Hall–Kier alpha value is -4.40. The molecular weight excluding hydrogens is 368 g/mol. The largest absolute Gasteiger partial charge is 0.368 e. The number of anilines is 3. The molecule has 3 aromatic heterocycles. The zero-order valence-corrected chi connectivity index (χ0v) is 15.1. The highest BCUT2D eigenvalue weighted by Gasteiger charge is 2.14. The van der Waals surface area contributed by atoms with Gasteiger partial charge in [0.25, 0.3) is 5.91 Å². The van der Waals surface area contributed by atoms with Crippen LogP contribution in [0.3, 0.4) is 0 Å². The summed E-state index contributed by atoms with van der Waals surface area (Å²) < 4.78 is 0. The van der Waals surface area contributed by atoms with Crippen molar-refractivity contribution >= 4 is 45.2 Å². The number of carbonyl (C=O) groups excluding carboxylic acids is 1. The lowest BCUT2D eigenvalue weighted by atomic mass is 10.1. The van der Waals surface area contributed by atoms with Crippen molar-refractivity contribution in [2.24, 2.45) is 5.73 Å². The van der Waals surface area contributed by atoms with Crippen molar-refractivity contribution in [3.8, 4) is 11.3 Å². The Morgan fingerprint density at radius 3 is 2.79 bits per heavy atom. The Kier molecular flexibility index (Phi) is 3.66. The van der Waals surface area contributed by atoms with E-state index in [4.69, 9.17) is 11.5 Å². The summed E-state index contributed by atoms with van der Waals surface area (Å²) in [6.45, 7) is 0. The maximum atomic E-state index is 11.8. The van der Waals surface area contributed by atoms with Crippen molar-refractivity contribution < 1.29 is 4.79 Å². The van der Waals surface area contributed by atoms with Gasteiger partial charge in [-0.25, -0.2) is 4.98 Å². The first-order chi connectivity index (χ1) is 14.1. The van der Waals surface area contributed by atoms with Crippen LogP contribution in [-0.4, -0.2) is 31.1 Å². The van der Waals surface area contributed by atoms with Crippen LogP contribution in [0.1, 0.15) is 10.4 Å². The number of para-hydroxylation sites is 1. The molecule has 5 rings (SSSR count). The first-order valence-corrected chi connectivity index (χ1v) is 8.83. The second-order valence-corrected chi connectivity index (χ2v) is 6.60. The molecule has 142 valence electrons. The van der Waals surface area contributed by atoms with Gasteiger partial charge >= 0.3 is 0 Å². The topological polar surface area (TPSA) is 151 Å². The maximum Gasteiger partial charge on any atom is 0.250 e. The lowest BCUT2D eigenvalue weighted by molar-refractivity contribution is 0.100. The zero-order valence-electron chi connectivity index (χ0n) is 15.1. The van der Waals surface area contributed by atoms with Gasteiger partial charge in [0, 0.05) is 33.9 Å². The fraction of sp³-hybridized carbons (Fsp3) is 0. The Bertz CT molecular complexity index is 1380. The smallest absolute Gasteiger partial charge is 0.250 e. The van der Waals surface area contributed by atoms with E-state index in [-0.39, 0.29) is 5.95 Å². The summed E-state index contributed by atoms with van der Waals surface area (Å²) in [4.78, 5) is 23.2. The van der Waals surface area contributed by atoms with Gasteiger partial charge in [-0.2, -0.15) is 10.1 Å². The van der Waals surface area contributed by atoms with Crippen LogP contribution in [0.5, 0.6) is 0 Å². The van der Waals surface area contributed by atoms with Crippen molar-refractivity contribution in [3.63, 3.8) is 0 Å². The van der Waals surface area contributed by atoms with Gasteiger partial charge in [-0.05, 0) is 30.3 Å². The van der Waals surface area contributed by atoms with Crippen LogP contribution >= 0.6 is 0 Å². The van der Waals surface area contributed by atoms with Gasteiger partial charge in [0.15, 0.2) is 0 Å². The summed E-state index contributed by atoms with van der Waals surface area (Å²) in [6.07, 6.45) is 3.33. The van der Waals surface area contributed by atoms with Crippen LogP contribution < -0.4 is 16.8 Å². The monoisotopic (exact) mass is 384 g/mol. The molecule has 5 aromatic rings. The summed E-state index contributed by atoms with van der Waals surface area (Å²) in [7, 11) is 0. The normalized spacial score (nSPS) is 11.2. The number of carbonyl (C=O) groups is 1. The van der Waals surface area contributed by atoms with Crippen LogP contribution in [0.15, 0.2) is 54.9 Å². The maximum absolute atomic E-state index is 11.8. The minimum atomic E-state index is -0.479. The molecule has 0 aliphatic rings. The van der Waals surface area contributed by atoms with E-state index in [0.717, 1.165) is 33.2 Å². The first kappa shape index (κ1) is 16.8. The second-order valence-electron chi connectivity index (χ2n) is 6.60. The third-order valence-electron chi connectivity index (χ3n) is 4.71. The number of aromatic amines is 2. The quantitative estimate of drug-likeness (QED) is 0.321. The molecule has 0 spiro atoms. The standard InChI is InChI=1S/C20H16N8O/c21-19(29)13-3-1-2-10-7-15(26-17(10)13)14-8-12(6-11-9-24-28-18(11)14)25-16-4-5-23-20(22)27-16/h1-9,26H,(H2,21,29)(H,24,28)(H3,22,23,25,27). The number of rotatable bonds is 4. The Balaban J connectivity index is 1.66. The van der Waals surface area contributed by atoms with Gasteiger partial charge in [0.2, 0.25) is 5.95 Å². The molecule has 3 heterocycles. The fourth-order valence-electron chi connectivity index (χ4n) is 3.44. The van der Waals surface area contributed by atoms with E-state index >= 15 is 0 Å². The molecule has 0 aliphatic carbocycles. The first-order valence-electron chi connectivity index (χ1n) is 8.83. The van der Waals surface area contributed by atoms with Gasteiger partial charge in [-0.15, -0.1) is 0 Å². The molecule has 0 atom stereocenters. The van der Waals surface area contributed by atoms with Crippen LogP contribution in [0.2, 0.25) is 0 Å². The lowest BCUT2D eigenvalue weighted by Crippen LogP contribution is -2.11. The third kappa shape index (κ3) is 2.90. The minimum Gasteiger partial charge on any atom is -0.368 e. The van der Waals surface area contributed by atoms with E-state index in [1.807, 2.05) is 30.3 Å². The number of fused-ring (bicyclic) bond motifs is 2. The number of H-pyrrole nitrogens is 2. The minimum absolute atomic E-state index is 0.189. The second kappa shape index (κ2) is 6.34. The SMILES string of the molecule is NC(=O)c1cccc2cc(-c3cc(Nc4ccnc(N)n4)cc4cn[nH]c34)[nH]c12. The van der Waals surface area contributed by atoms with E-state index in [0.29, 0.717) is 16.9 Å². The molecule has 0 saturated carbocycles. The van der Waals surface area contributed by atoms with Crippen molar-refractivity contribution in [2.75, 3.05) is 11.1 Å². The van der Waals surface area contributed by atoms with Crippen LogP contribution in [-0.2, 0) is 0 Å². The molecule has 2 aromatic carbocycles. The predicted octanol–water partition coefficient (Wildman–Crippen LogP) is 2.93. The summed E-state index contributed by atoms with van der Waals surface area (Å²) in [5.74, 6) is 0.292. The molecule has 9 heteroatoms. The van der Waals surface area contributed by atoms with Crippen molar-refractivity contribution in [1.82, 2.24) is 25.1 Å². The fourth-order valence-corrected chi connectivity index (χ4v) is 3.44. The average Bonchev–Trinajstić information content (AvgIpc) is 3.33. The number of aromatic nitrogens is 5. The molecule has 0 aliphatic heterocycles. The number of nitrogens with two attached hydrogens (primary N) is 2. The van der Waals surface area contributed by atoms with Crippen molar-refractivity contribution in [3.05, 3.63) is 60.4 Å². The third-order valence-corrected chi connectivity index (χ3v) is 4.71. The lowest BCUT2D eigenvalue weighted by Gasteiger charge is -2.09. The summed E-state index contributed by atoms with van der Waals surface area (Å²) in [5.41, 5.74) is 15.7. The highest BCUT2D eigenvalue weighted by atomic mass is 16.1. The van der Waals surface area contributed by atoms with E-state index in [9.17, 15) is 4.79 Å². The number of nitrogen functional groups attached to an aromatic ring is 1. The van der Waals surface area contributed by atoms with E-state index in [1.165, 1.54) is 0 Å². The van der Waals surface area contributed by atoms with Gasteiger partial charge in [0.1, 0.15) is 5.82 Å². The molecular formula is C20H16N8O. The van der Waals surface area contributed by atoms with Crippen LogP contribution in [0.25, 0.3) is 33.1 Å². The Morgan fingerprint density at radius 1 is 1.07 bits per heavy atom. The highest BCUT2D eigenvalue weighted by Crippen LogP contribution is 2.33.